The Bertz CT molecular complexity index is 873. The number of methoxy groups -OCH3 is 2. The topological polar surface area (TPSA) is 91.7 Å². The number of carbonyl (C=O) groups is 2. The van der Waals surface area contributed by atoms with Gasteiger partial charge in [0.2, 0.25) is 11.8 Å². The third-order valence-corrected chi connectivity index (χ3v) is 5.08. The number of rotatable bonds is 6. The molecule has 2 N–H and O–H groups in total. The van der Waals surface area contributed by atoms with Crippen LogP contribution in [0.15, 0.2) is 48.5 Å². The summed E-state index contributed by atoms with van der Waals surface area (Å²) >= 11 is 1.08. The Morgan fingerprint density at radius 1 is 1.19 bits per heavy atom. The van der Waals surface area contributed by atoms with Gasteiger partial charge in [-0.25, -0.2) is 0 Å². The molecule has 3 rings (SSSR count). The second kappa shape index (κ2) is 8.13. The number of thioether (sulfide) groups is 1. The Labute approximate surface area is 161 Å². The van der Waals surface area contributed by atoms with Gasteiger partial charge in [-0.1, -0.05) is 30.0 Å². The number of benzene rings is 2. The van der Waals surface area contributed by atoms with E-state index in [9.17, 15) is 9.59 Å². The van der Waals surface area contributed by atoms with Gasteiger partial charge in [-0.15, -0.1) is 0 Å². The molecule has 140 valence electrons. The first-order valence-corrected chi connectivity index (χ1v) is 9.07. The van der Waals surface area contributed by atoms with Gasteiger partial charge in [0, 0.05) is 12.5 Å². The lowest BCUT2D eigenvalue weighted by atomic mass is 10.2. The van der Waals surface area contributed by atoms with Crippen LogP contribution < -0.4 is 19.7 Å². The van der Waals surface area contributed by atoms with Crippen LogP contribution in [0.1, 0.15) is 6.42 Å². The summed E-state index contributed by atoms with van der Waals surface area (Å²) in [7, 11) is 3.04. The first-order valence-electron chi connectivity index (χ1n) is 8.19. The Morgan fingerprint density at radius 2 is 1.93 bits per heavy atom. The van der Waals surface area contributed by atoms with Crippen LogP contribution in [0.25, 0.3) is 0 Å². The van der Waals surface area contributed by atoms with Crippen molar-refractivity contribution in [3.05, 3.63) is 48.5 Å². The van der Waals surface area contributed by atoms with Gasteiger partial charge in [-0.2, -0.15) is 0 Å². The maximum Gasteiger partial charge on any atom is 0.247 e. The first kappa shape index (κ1) is 18.8. The van der Waals surface area contributed by atoms with Crippen LogP contribution in [0.4, 0.5) is 11.4 Å². The van der Waals surface area contributed by atoms with Gasteiger partial charge in [0.25, 0.3) is 0 Å². The van der Waals surface area contributed by atoms with Crippen LogP contribution in [-0.2, 0) is 9.59 Å². The molecule has 0 radical (unpaired) electrons. The smallest absolute Gasteiger partial charge is 0.247 e. The summed E-state index contributed by atoms with van der Waals surface area (Å²) in [5.41, 5.74) is 1.09. The molecule has 0 spiro atoms. The number of hydrogen-bond donors (Lipinski definition) is 2. The molecule has 7 nitrogen and oxygen atoms in total. The lowest BCUT2D eigenvalue weighted by molar-refractivity contribution is -0.121. The molecule has 2 aromatic carbocycles. The molecule has 2 amide bonds. The zero-order valence-electron chi connectivity index (χ0n) is 14.9. The van der Waals surface area contributed by atoms with Crippen molar-refractivity contribution >= 4 is 40.1 Å². The zero-order valence-corrected chi connectivity index (χ0v) is 15.7. The highest BCUT2D eigenvalue weighted by Gasteiger charge is 2.39. The molecule has 1 heterocycles. The highest BCUT2D eigenvalue weighted by molar-refractivity contribution is 8.16. The van der Waals surface area contributed by atoms with Gasteiger partial charge < -0.3 is 14.8 Å². The van der Waals surface area contributed by atoms with Gasteiger partial charge in [0.15, 0.2) is 5.17 Å². The fraction of sp³-hybridized carbons (Fsp3) is 0.211. The van der Waals surface area contributed by atoms with E-state index in [0.717, 1.165) is 11.8 Å². The van der Waals surface area contributed by atoms with Crippen LogP contribution in [-0.4, -0.2) is 36.5 Å². The number of para-hydroxylation sites is 1. The molecule has 0 bridgehead atoms. The van der Waals surface area contributed by atoms with Gasteiger partial charge in [0.05, 0.1) is 25.6 Å². The summed E-state index contributed by atoms with van der Waals surface area (Å²) < 4.78 is 10.4. The summed E-state index contributed by atoms with van der Waals surface area (Å²) in [6.07, 6.45) is -0.0461. The van der Waals surface area contributed by atoms with E-state index >= 15 is 0 Å². The number of anilines is 2. The van der Waals surface area contributed by atoms with Crippen LogP contribution >= 0.6 is 11.8 Å². The molecule has 1 atom stereocenters. The van der Waals surface area contributed by atoms with Crippen molar-refractivity contribution in [2.24, 2.45) is 0 Å². The van der Waals surface area contributed by atoms with Crippen molar-refractivity contribution in [2.45, 2.75) is 11.7 Å². The Balaban J connectivity index is 1.70. The first-order chi connectivity index (χ1) is 13.0. The average molecular weight is 385 g/mol. The highest BCUT2D eigenvalue weighted by Crippen LogP contribution is 2.34. The second-order valence-corrected chi connectivity index (χ2v) is 6.93. The molecule has 27 heavy (non-hydrogen) atoms. The molecule has 0 unspecified atom stereocenters. The molecule has 8 heteroatoms. The minimum absolute atomic E-state index is 0.0461. The van der Waals surface area contributed by atoms with Crippen molar-refractivity contribution in [1.82, 2.24) is 0 Å². The van der Waals surface area contributed by atoms with Crippen molar-refractivity contribution in [1.29, 1.82) is 5.41 Å². The summed E-state index contributed by atoms with van der Waals surface area (Å²) in [6.45, 7) is 0. The summed E-state index contributed by atoms with van der Waals surface area (Å²) in [4.78, 5) is 26.5. The van der Waals surface area contributed by atoms with Gasteiger partial charge in [0.1, 0.15) is 16.7 Å². The monoisotopic (exact) mass is 385 g/mol. The number of carbonyl (C=O) groups excluding carboxylic acids is 2. The Kier molecular flexibility index (Phi) is 5.66. The van der Waals surface area contributed by atoms with Crippen LogP contribution in [0, 0.1) is 5.41 Å². The standard InChI is InChI=1S/C19H19N3O4S/c1-25-13-8-9-15(26-2)14(10-13)21-17(23)11-16-18(24)22(19(20)27-16)12-6-4-3-5-7-12/h3-10,16,20H,11H2,1-2H3,(H,21,23)/t16-/m1/s1. The minimum atomic E-state index is -0.644. The highest BCUT2D eigenvalue weighted by atomic mass is 32.2. The maximum absolute atomic E-state index is 12.7. The lowest BCUT2D eigenvalue weighted by Gasteiger charge is -2.15. The number of nitrogens with one attached hydrogen (secondary N) is 2. The number of amidine groups is 1. The van der Waals surface area contributed by atoms with E-state index in [2.05, 4.69) is 5.32 Å². The fourth-order valence-corrected chi connectivity index (χ4v) is 3.73. The van der Waals surface area contributed by atoms with E-state index in [4.69, 9.17) is 14.9 Å². The third kappa shape index (κ3) is 4.06. The molecular weight excluding hydrogens is 366 g/mol. The lowest BCUT2D eigenvalue weighted by Crippen LogP contribution is -2.33. The van der Waals surface area contributed by atoms with Crippen LogP contribution in [0.5, 0.6) is 11.5 Å². The predicted octanol–water partition coefficient (Wildman–Crippen LogP) is 3.12. The quantitative estimate of drug-likeness (QED) is 0.797. The Hall–Kier alpha value is -3.00. The third-order valence-electron chi connectivity index (χ3n) is 4.02. The van der Waals surface area contributed by atoms with E-state index in [-0.39, 0.29) is 23.4 Å². The molecule has 0 aliphatic carbocycles. The summed E-state index contributed by atoms with van der Waals surface area (Å²) in [5.74, 6) is 0.460. The second-order valence-electron chi connectivity index (χ2n) is 5.74. The predicted molar refractivity (Wildman–Crippen MR) is 106 cm³/mol. The molecule has 0 saturated carbocycles. The number of nitrogens with zero attached hydrogens (tertiary/aromatic N) is 1. The maximum atomic E-state index is 12.7. The minimum Gasteiger partial charge on any atom is -0.497 e. The van der Waals surface area contributed by atoms with E-state index < -0.39 is 5.25 Å². The van der Waals surface area contributed by atoms with Crippen molar-refractivity contribution in [2.75, 3.05) is 24.4 Å². The number of hydrogen-bond acceptors (Lipinski definition) is 6. The summed E-state index contributed by atoms with van der Waals surface area (Å²) in [6, 6.07) is 14.0. The average Bonchev–Trinajstić information content (AvgIpc) is 2.95. The van der Waals surface area contributed by atoms with Gasteiger partial charge >= 0.3 is 0 Å². The Morgan fingerprint density at radius 3 is 2.59 bits per heavy atom. The molecular formula is C19H19N3O4S. The molecule has 0 aromatic heterocycles. The van der Waals surface area contributed by atoms with E-state index in [1.54, 1.807) is 42.5 Å². The van der Waals surface area contributed by atoms with Gasteiger partial charge in [-0.05, 0) is 24.3 Å². The molecule has 2 aromatic rings. The molecule has 1 saturated heterocycles. The van der Waals surface area contributed by atoms with Gasteiger partial charge in [-0.3, -0.25) is 19.9 Å². The van der Waals surface area contributed by atoms with E-state index in [1.165, 1.54) is 19.1 Å². The number of amides is 2. The molecule has 1 aliphatic heterocycles. The zero-order chi connectivity index (χ0) is 19.4. The van der Waals surface area contributed by atoms with E-state index in [1.807, 2.05) is 6.07 Å². The fourth-order valence-electron chi connectivity index (χ4n) is 2.71. The largest absolute Gasteiger partial charge is 0.497 e. The molecule has 1 aliphatic rings. The SMILES string of the molecule is COc1ccc(OC)c(NC(=O)C[C@H]2SC(=N)N(c3ccccc3)C2=O)c1. The van der Waals surface area contributed by atoms with Crippen molar-refractivity contribution in [3.63, 3.8) is 0 Å². The normalized spacial score (nSPS) is 16.4. The van der Waals surface area contributed by atoms with Crippen LogP contribution in [0.3, 0.4) is 0 Å². The number of ether oxygens (including phenoxy) is 2. The van der Waals surface area contributed by atoms with E-state index in [0.29, 0.717) is 22.9 Å². The summed E-state index contributed by atoms with van der Waals surface area (Å²) in [5, 5.41) is 10.3. The molecule has 1 fully saturated rings. The van der Waals surface area contributed by atoms with Crippen LogP contribution in [0.2, 0.25) is 0 Å². The van der Waals surface area contributed by atoms with Crippen molar-refractivity contribution in [3.8, 4) is 11.5 Å². The van der Waals surface area contributed by atoms with Crippen molar-refractivity contribution < 1.29 is 19.1 Å².